The minimum atomic E-state index is -0.225. The number of ether oxygens (including phenoxy) is 2. The molecule has 2 unspecified atom stereocenters. The number of hydrogen-bond donors (Lipinski definition) is 1. The first kappa shape index (κ1) is 12.5. The van der Waals surface area contributed by atoms with Gasteiger partial charge in [-0.15, -0.1) is 0 Å². The summed E-state index contributed by atoms with van der Waals surface area (Å²) in [6.45, 7) is 4.83. The molecule has 0 aliphatic heterocycles. The van der Waals surface area contributed by atoms with Gasteiger partial charge in [0.05, 0.1) is 13.2 Å². The van der Waals surface area contributed by atoms with Crippen molar-refractivity contribution in [2.45, 2.75) is 38.8 Å². The molecule has 0 amide bonds. The van der Waals surface area contributed by atoms with Crippen LogP contribution in [0.3, 0.4) is 0 Å². The largest absolute Gasteiger partial charge is 0.465 e. The Morgan fingerprint density at radius 1 is 1.53 bits per heavy atom. The van der Waals surface area contributed by atoms with E-state index in [1.165, 1.54) is 0 Å². The molecule has 2 atom stereocenters. The van der Waals surface area contributed by atoms with E-state index < -0.39 is 0 Å². The summed E-state index contributed by atoms with van der Waals surface area (Å²) in [5.74, 6) is -0.0106. The molecule has 1 rings (SSSR count). The molecular formula is C11H21NO3. The zero-order chi connectivity index (χ0) is 11.3. The molecule has 0 aromatic heterocycles. The van der Waals surface area contributed by atoms with Crippen molar-refractivity contribution in [1.82, 2.24) is 5.32 Å². The van der Waals surface area contributed by atoms with Crippen LogP contribution in [0, 0.1) is 5.92 Å². The van der Waals surface area contributed by atoms with E-state index in [2.05, 4.69) is 5.32 Å². The lowest BCUT2D eigenvalue weighted by Crippen LogP contribution is -2.45. The van der Waals surface area contributed by atoms with Crippen LogP contribution in [0.15, 0.2) is 0 Å². The van der Waals surface area contributed by atoms with E-state index in [-0.39, 0.29) is 17.9 Å². The molecule has 1 aliphatic rings. The number of nitrogens with one attached hydrogen (secondary N) is 1. The second-order valence-corrected chi connectivity index (χ2v) is 4.10. The quantitative estimate of drug-likeness (QED) is 0.642. The number of carbonyl (C=O) groups excluding carboxylic acids is 1. The van der Waals surface area contributed by atoms with Crippen LogP contribution in [0.4, 0.5) is 0 Å². The highest BCUT2D eigenvalue weighted by atomic mass is 16.5. The van der Waals surface area contributed by atoms with Gasteiger partial charge in [0.2, 0.25) is 0 Å². The molecule has 4 heteroatoms. The lowest BCUT2D eigenvalue weighted by Gasteiger charge is -2.22. The molecular weight excluding hydrogens is 194 g/mol. The van der Waals surface area contributed by atoms with Crippen LogP contribution < -0.4 is 5.32 Å². The Balaban J connectivity index is 2.45. The summed E-state index contributed by atoms with van der Waals surface area (Å²) in [5, 5.41) is 3.31. The van der Waals surface area contributed by atoms with E-state index in [0.29, 0.717) is 19.3 Å². The summed E-state index contributed by atoms with van der Waals surface area (Å²) in [5.41, 5.74) is 0. The fourth-order valence-corrected chi connectivity index (χ4v) is 1.56. The Morgan fingerprint density at radius 3 is 2.67 bits per heavy atom. The Hall–Kier alpha value is -0.610. The van der Waals surface area contributed by atoms with E-state index >= 15 is 0 Å². The van der Waals surface area contributed by atoms with Crippen LogP contribution in [-0.2, 0) is 14.3 Å². The highest BCUT2D eigenvalue weighted by Crippen LogP contribution is 2.21. The third-order valence-electron chi connectivity index (χ3n) is 2.53. The monoisotopic (exact) mass is 215 g/mol. The summed E-state index contributed by atoms with van der Waals surface area (Å²) >= 11 is 0. The third-order valence-corrected chi connectivity index (χ3v) is 2.53. The predicted octanol–water partition coefficient (Wildman–Crippen LogP) is 0.953. The fourth-order valence-electron chi connectivity index (χ4n) is 1.56. The van der Waals surface area contributed by atoms with Crippen LogP contribution in [0.5, 0.6) is 0 Å². The summed E-state index contributed by atoms with van der Waals surface area (Å²) in [7, 11) is 1.65. The Labute approximate surface area is 91.3 Å². The standard InChI is InChI=1S/C11H21NO3/c1-4-15-11(13)10(8(2)7-14-3)12-9-5-6-9/h8-10,12H,4-7H2,1-3H3. The van der Waals surface area contributed by atoms with Gasteiger partial charge >= 0.3 is 5.97 Å². The maximum Gasteiger partial charge on any atom is 0.323 e. The number of esters is 1. The molecule has 0 aromatic carbocycles. The number of hydrogen-bond acceptors (Lipinski definition) is 4. The number of carbonyl (C=O) groups is 1. The normalized spacial score (nSPS) is 19.7. The molecule has 88 valence electrons. The molecule has 1 aliphatic carbocycles. The van der Waals surface area contributed by atoms with Crippen LogP contribution in [0.1, 0.15) is 26.7 Å². The van der Waals surface area contributed by atoms with Crippen molar-refractivity contribution < 1.29 is 14.3 Å². The van der Waals surface area contributed by atoms with Crippen LogP contribution in [-0.4, -0.2) is 38.4 Å². The summed E-state index contributed by atoms with van der Waals surface area (Å²) in [4.78, 5) is 11.7. The SMILES string of the molecule is CCOC(=O)C(NC1CC1)C(C)COC. The summed E-state index contributed by atoms with van der Waals surface area (Å²) in [6, 6.07) is 0.274. The van der Waals surface area contributed by atoms with Gasteiger partial charge in [-0.3, -0.25) is 4.79 Å². The topological polar surface area (TPSA) is 47.6 Å². The molecule has 15 heavy (non-hydrogen) atoms. The van der Waals surface area contributed by atoms with Gasteiger partial charge in [-0.2, -0.15) is 0 Å². The van der Waals surface area contributed by atoms with Crippen molar-refractivity contribution in [3.05, 3.63) is 0 Å². The number of rotatable bonds is 7. The lowest BCUT2D eigenvalue weighted by molar-refractivity contribution is -0.147. The molecule has 4 nitrogen and oxygen atoms in total. The molecule has 0 heterocycles. The lowest BCUT2D eigenvalue weighted by atomic mass is 10.0. The summed E-state index contributed by atoms with van der Waals surface area (Å²) in [6.07, 6.45) is 2.32. The van der Waals surface area contributed by atoms with Crippen molar-refractivity contribution in [3.8, 4) is 0 Å². The first-order chi connectivity index (χ1) is 7.19. The van der Waals surface area contributed by atoms with Crippen LogP contribution in [0.25, 0.3) is 0 Å². The predicted molar refractivity (Wildman–Crippen MR) is 57.6 cm³/mol. The van der Waals surface area contributed by atoms with Gasteiger partial charge < -0.3 is 14.8 Å². The molecule has 0 bridgehead atoms. The van der Waals surface area contributed by atoms with Crippen molar-refractivity contribution in [3.63, 3.8) is 0 Å². The van der Waals surface area contributed by atoms with Gasteiger partial charge in [-0.05, 0) is 19.8 Å². The molecule has 1 fully saturated rings. The average molecular weight is 215 g/mol. The van der Waals surface area contributed by atoms with E-state index in [1.807, 2.05) is 13.8 Å². The van der Waals surface area contributed by atoms with Gasteiger partial charge in [0.25, 0.3) is 0 Å². The molecule has 0 radical (unpaired) electrons. The van der Waals surface area contributed by atoms with Crippen molar-refractivity contribution >= 4 is 5.97 Å². The first-order valence-electron chi connectivity index (χ1n) is 5.60. The smallest absolute Gasteiger partial charge is 0.323 e. The van der Waals surface area contributed by atoms with Crippen LogP contribution >= 0.6 is 0 Å². The maximum atomic E-state index is 11.7. The second kappa shape index (κ2) is 6.08. The average Bonchev–Trinajstić information content (AvgIpc) is 2.98. The van der Waals surface area contributed by atoms with E-state index in [0.717, 1.165) is 12.8 Å². The van der Waals surface area contributed by atoms with Gasteiger partial charge in [-0.1, -0.05) is 6.92 Å². The van der Waals surface area contributed by atoms with Crippen molar-refractivity contribution in [2.75, 3.05) is 20.3 Å². The third kappa shape index (κ3) is 4.18. The van der Waals surface area contributed by atoms with Gasteiger partial charge in [0.1, 0.15) is 6.04 Å². The van der Waals surface area contributed by atoms with Gasteiger partial charge in [0.15, 0.2) is 0 Å². The zero-order valence-electron chi connectivity index (χ0n) is 9.79. The minimum Gasteiger partial charge on any atom is -0.465 e. The maximum absolute atomic E-state index is 11.7. The van der Waals surface area contributed by atoms with E-state index in [4.69, 9.17) is 9.47 Å². The van der Waals surface area contributed by atoms with E-state index in [9.17, 15) is 4.79 Å². The fraction of sp³-hybridized carbons (Fsp3) is 0.909. The van der Waals surface area contributed by atoms with Crippen molar-refractivity contribution in [1.29, 1.82) is 0 Å². The molecule has 0 saturated heterocycles. The highest BCUT2D eigenvalue weighted by Gasteiger charge is 2.32. The highest BCUT2D eigenvalue weighted by molar-refractivity contribution is 5.76. The Bertz CT molecular complexity index is 204. The molecule has 0 spiro atoms. The molecule has 0 aromatic rings. The minimum absolute atomic E-state index is 0.148. The second-order valence-electron chi connectivity index (χ2n) is 4.10. The summed E-state index contributed by atoms with van der Waals surface area (Å²) < 4.78 is 10.1. The molecule has 1 saturated carbocycles. The Morgan fingerprint density at radius 2 is 2.20 bits per heavy atom. The molecule has 1 N–H and O–H groups in total. The van der Waals surface area contributed by atoms with Gasteiger partial charge in [-0.25, -0.2) is 0 Å². The number of methoxy groups -OCH3 is 1. The van der Waals surface area contributed by atoms with Crippen molar-refractivity contribution in [2.24, 2.45) is 5.92 Å². The zero-order valence-corrected chi connectivity index (χ0v) is 9.79. The first-order valence-corrected chi connectivity index (χ1v) is 5.60. The van der Waals surface area contributed by atoms with Gasteiger partial charge in [0, 0.05) is 19.1 Å². The Kier molecular flexibility index (Phi) is 5.05. The van der Waals surface area contributed by atoms with Crippen LogP contribution in [0.2, 0.25) is 0 Å². The van der Waals surface area contributed by atoms with E-state index in [1.54, 1.807) is 7.11 Å².